The van der Waals surface area contributed by atoms with Gasteiger partial charge in [0.05, 0.1) is 0 Å². The molecule has 0 bridgehead atoms. The third kappa shape index (κ3) is 4.88. The van der Waals surface area contributed by atoms with Crippen molar-refractivity contribution < 1.29 is 14.4 Å². The molecule has 92 valence electrons. The standard InChI is InChI=1S/C10H19N3O3/c1-7(14)6-9(13(3)8(2)15)10(16)12-5-4-11/h9H,4-6,11H2,1-3H3,(H,12,16)/t9-/m1/s1. The zero-order valence-corrected chi connectivity index (χ0v) is 9.95. The van der Waals surface area contributed by atoms with Gasteiger partial charge in [-0.05, 0) is 6.92 Å². The van der Waals surface area contributed by atoms with Gasteiger partial charge < -0.3 is 16.0 Å². The van der Waals surface area contributed by atoms with E-state index in [1.54, 1.807) is 0 Å². The molecule has 0 spiro atoms. The average Bonchev–Trinajstić information content (AvgIpc) is 2.21. The highest BCUT2D eigenvalue weighted by Crippen LogP contribution is 2.03. The van der Waals surface area contributed by atoms with E-state index < -0.39 is 6.04 Å². The molecule has 0 heterocycles. The molecule has 6 heteroatoms. The lowest BCUT2D eigenvalue weighted by Crippen LogP contribution is -2.48. The van der Waals surface area contributed by atoms with Crippen LogP contribution in [-0.2, 0) is 14.4 Å². The Hall–Kier alpha value is -1.43. The van der Waals surface area contributed by atoms with E-state index in [0.29, 0.717) is 13.1 Å². The lowest BCUT2D eigenvalue weighted by Gasteiger charge is -2.25. The topological polar surface area (TPSA) is 92.5 Å². The first-order chi connectivity index (χ1) is 7.40. The third-order valence-corrected chi connectivity index (χ3v) is 2.19. The summed E-state index contributed by atoms with van der Waals surface area (Å²) in [6, 6.07) is -0.749. The number of hydrogen-bond acceptors (Lipinski definition) is 4. The molecule has 1 atom stereocenters. The van der Waals surface area contributed by atoms with Crippen molar-refractivity contribution in [1.29, 1.82) is 0 Å². The lowest BCUT2D eigenvalue weighted by molar-refractivity contribution is -0.139. The van der Waals surface area contributed by atoms with E-state index in [1.165, 1.54) is 25.8 Å². The van der Waals surface area contributed by atoms with E-state index in [2.05, 4.69) is 5.32 Å². The van der Waals surface area contributed by atoms with Crippen LogP contribution in [0.25, 0.3) is 0 Å². The summed E-state index contributed by atoms with van der Waals surface area (Å²) in [5, 5.41) is 2.56. The van der Waals surface area contributed by atoms with E-state index in [1.807, 2.05) is 0 Å². The van der Waals surface area contributed by atoms with Crippen molar-refractivity contribution in [3.63, 3.8) is 0 Å². The number of Topliss-reactive ketones (excluding diaryl/α,β-unsaturated/α-hetero) is 1. The Morgan fingerprint density at radius 3 is 2.25 bits per heavy atom. The van der Waals surface area contributed by atoms with Gasteiger partial charge in [-0.2, -0.15) is 0 Å². The SMILES string of the molecule is CC(=O)C[C@H](C(=O)NCCN)N(C)C(C)=O. The van der Waals surface area contributed by atoms with Gasteiger partial charge in [-0.1, -0.05) is 0 Å². The van der Waals surface area contributed by atoms with Crippen LogP contribution in [0.5, 0.6) is 0 Å². The normalized spacial score (nSPS) is 11.8. The van der Waals surface area contributed by atoms with Crippen molar-refractivity contribution in [2.45, 2.75) is 26.3 Å². The van der Waals surface area contributed by atoms with E-state index in [-0.39, 0.29) is 24.0 Å². The Morgan fingerprint density at radius 2 is 1.88 bits per heavy atom. The van der Waals surface area contributed by atoms with E-state index in [4.69, 9.17) is 5.73 Å². The van der Waals surface area contributed by atoms with Crippen LogP contribution in [0.1, 0.15) is 20.3 Å². The lowest BCUT2D eigenvalue weighted by atomic mass is 10.1. The number of nitrogens with two attached hydrogens (primary N) is 1. The zero-order chi connectivity index (χ0) is 12.7. The number of nitrogens with zero attached hydrogens (tertiary/aromatic N) is 1. The van der Waals surface area contributed by atoms with Crippen LogP contribution in [0, 0.1) is 0 Å². The quantitative estimate of drug-likeness (QED) is 0.604. The Morgan fingerprint density at radius 1 is 1.31 bits per heavy atom. The van der Waals surface area contributed by atoms with Crippen LogP contribution in [0.15, 0.2) is 0 Å². The fourth-order valence-corrected chi connectivity index (χ4v) is 1.21. The maximum absolute atomic E-state index is 11.7. The number of nitrogens with one attached hydrogen (secondary N) is 1. The first kappa shape index (κ1) is 14.6. The minimum atomic E-state index is -0.749. The highest BCUT2D eigenvalue weighted by atomic mass is 16.2. The second-order valence-electron chi connectivity index (χ2n) is 3.63. The molecule has 0 aromatic carbocycles. The van der Waals surface area contributed by atoms with Crippen molar-refractivity contribution in [2.24, 2.45) is 5.73 Å². The second-order valence-corrected chi connectivity index (χ2v) is 3.63. The van der Waals surface area contributed by atoms with Crippen LogP contribution >= 0.6 is 0 Å². The van der Waals surface area contributed by atoms with Crippen LogP contribution in [-0.4, -0.2) is 48.7 Å². The van der Waals surface area contributed by atoms with Crippen molar-refractivity contribution in [1.82, 2.24) is 10.2 Å². The van der Waals surface area contributed by atoms with Gasteiger partial charge >= 0.3 is 0 Å². The summed E-state index contributed by atoms with van der Waals surface area (Å²) in [5.74, 6) is -0.742. The fourth-order valence-electron chi connectivity index (χ4n) is 1.21. The number of hydrogen-bond donors (Lipinski definition) is 2. The van der Waals surface area contributed by atoms with Gasteiger partial charge in [0.2, 0.25) is 11.8 Å². The van der Waals surface area contributed by atoms with E-state index in [0.717, 1.165) is 0 Å². The third-order valence-electron chi connectivity index (χ3n) is 2.19. The van der Waals surface area contributed by atoms with Gasteiger partial charge in [0, 0.05) is 33.5 Å². The van der Waals surface area contributed by atoms with E-state index >= 15 is 0 Å². The molecule has 0 aromatic rings. The molecule has 0 saturated carbocycles. The van der Waals surface area contributed by atoms with E-state index in [9.17, 15) is 14.4 Å². The van der Waals surface area contributed by atoms with Crippen molar-refractivity contribution in [2.75, 3.05) is 20.1 Å². The minimum Gasteiger partial charge on any atom is -0.353 e. The molecule has 0 aromatic heterocycles. The van der Waals surface area contributed by atoms with Gasteiger partial charge in [0.15, 0.2) is 0 Å². The summed E-state index contributed by atoms with van der Waals surface area (Å²) in [5.41, 5.74) is 5.25. The summed E-state index contributed by atoms with van der Waals surface area (Å²) in [7, 11) is 1.50. The van der Waals surface area contributed by atoms with Crippen LogP contribution in [0.3, 0.4) is 0 Å². The largest absolute Gasteiger partial charge is 0.353 e. The van der Waals surface area contributed by atoms with Crippen LogP contribution < -0.4 is 11.1 Å². The second kappa shape index (κ2) is 6.95. The Balaban J connectivity index is 4.58. The Kier molecular flexibility index (Phi) is 6.32. The predicted octanol–water partition coefficient (Wildman–Crippen LogP) is -1.11. The monoisotopic (exact) mass is 229 g/mol. The summed E-state index contributed by atoms with van der Waals surface area (Å²) < 4.78 is 0. The molecule has 6 nitrogen and oxygen atoms in total. The predicted molar refractivity (Wildman–Crippen MR) is 59.6 cm³/mol. The molecule has 0 rings (SSSR count). The Bertz CT molecular complexity index is 278. The molecular weight excluding hydrogens is 210 g/mol. The molecule has 0 radical (unpaired) electrons. The van der Waals surface area contributed by atoms with Gasteiger partial charge in [-0.15, -0.1) is 0 Å². The molecule has 2 amide bonds. The van der Waals surface area contributed by atoms with Crippen LogP contribution in [0.4, 0.5) is 0 Å². The molecule has 0 unspecified atom stereocenters. The highest BCUT2D eigenvalue weighted by molar-refractivity contribution is 5.91. The molecular formula is C10H19N3O3. The maximum atomic E-state index is 11.7. The Labute approximate surface area is 95.2 Å². The van der Waals surface area contributed by atoms with Crippen molar-refractivity contribution in [3.05, 3.63) is 0 Å². The number of likely N-dealkylation sites (N-methyl/N-ethyl adjacent to an activating group) is 1. The van der Waals surface area contributed by atoms with Crippen molar-refractivity contribution in [3.8, 4) is 0 Å². The minimum absolute atomic E-state index is 0.0203. The highest BCUT2D eigenvalue weighted by Gasteiger charge is 2.25. The number of carbonyl (C=O) groups is 3. The maximum Gasteiger partial charge on any atom is 0.243 e. The van der Waals surface area contributed by atoms with Gasteiger partial charge in [-0.3, -0.25) is 14.4 Å². The molecule has 0 aliphatic heterocycles. The summed E-state index contributed by atoms with van der Waals surface area (Å²) in [6.45, 7) is 3.39. The summed E-state index contributed by atoms with van der Waals surface area (Å²) in [4.78, 5) is 35.1. The first-order valence-corrected chi connectivity index (χ1v) is 5.10. The number of rotatable bonds is 6. The molecule has 0 fully saturated rings. The summed E-state index contributed by atoms with van der Waals surface area (Å²) >= 11 is 0. The summed E-state index contributed by atoms with van der Waals surface area (Å²) in [6.07, 6.45) is 0.0203. The first-order valence-electron chi connectivity index (χ1n) is 5.10. The molecule has 0 aliphatic carbocycles. The molecule has 0 aliphatic rings. The number of carbonyl (C=O) groups excluding carboxylic acids is 3. The molecule has 0 saturated heterocycles. The van der Waals surface area contributed by atoms with Crippen LogP contribution in [0.2, 0.25) is 0 Å². The molecule has 3 N–H and O–H groups in total. The number of ketones is 1. The zero-order valence-electron chi connectivity index (χ0n) is 9.95. The van der Waals surface area contributed by atoms with Gasteiger partial charge in [-0.25, -0.2) is 0 Å². The van der Waals surface area contributed by atoms with Gasteiger partial charge in [0.25, 0.3) is 0 Å². The number of amides is 2. The smallest absolute Gasteiger partial charge is 0.243 e. The van der Waals surface area contributed by atoms with Gasteiger partial charge in [0.1, 0.15) is 11.8 Å². The van der Waals surface area contributed by atoms with Crippen molar-refractivity contribution >= 4 is 17.6 Å². The average molecular weight is 229 g/mol. The molecule has 16 heavy (non-hydrogen) atoms. The fraction of sp³-hybridized carbons (Fsp3) is 0.700.